The molecule has 2 aromatic carbocycles. The summed E-state index contributed by atoms with van der Waals surface area (Å²) >= 11 is 0. The fraction of sp³-hybridized carbons (Fsp3) is 0.240. The van der Waals surface area contributed by atoms with Gasteiger partial charge in [0.15, 0.2) is 17.3 Å². The van der Waals surface area contributed by atoms with Crippen molar-refractivity contribution in [1.29, 1.82) is 0 Å². The van der Waals surface area contributed by atoms with E-state index in [9.17, 15) is 25.2 Å². The van der Waals surface area contributed by atoms with Gasteiger partial charge in [0.1, 0.15) is 22.8 Å². The molecular formula is C25H26O6. The number of carbonyl (C=O) groups is 1. The summed E-state index contributed by atoms with van der Waals surface area (Å²) in [6, 6.07) is 5.38. The van der Waals surface area contributed by atoms with Gasteiger partial charge in [-0.2, -0.15) is 0 Å². The van der Waals surface area contributed by atoms with Crippen LogP contribution in [0, 0.1) is 0 Å². The van der Waals surface area contributed by atoms with Crippen molar-refractivity contribution in [3.63, 3.8) is 0 Å². The number of phenols is 4. The number of ether oxygens (including phenoxy) is 1. The van der Waals surface area contributed by atoms with Gasteiger partial charge in [-0.1, -0.05) is 17.7 Å². The van der Waals surface area contributed by atoms with Crippen LogP contribution in [0.1, 0.15) is 55.1 Å². The van der Waals surface area contributed by atoms with Crippen molar-refractivity contribution in [3.05, 3.63) is 64.8 Å². The third-order valence-corrected chi connectivity index (χ3v) is 5.13. The van der Waals surface area contributed by atoms with E-state index in [2.05, 4.69) is 6.08 Å². The number of benzene rings is 2. The number of rotatable bonds is 6. The van der Waals surface area contributed by atoms with E-state index in [-0.39, 0.29) is 45.4 Å². The summed E-state index contributed by atoms with van der Waals surface area (Å²) in [5, 5.41) is 40.8. The Kier molecular flexibility index (Phi) is 6.11. The smallest absolute Gasteiger partial charge is 0.189 e. The Morgan fingerprint density at radius 2 is 1.77 bits per heavy atom. The second-order valence-electron chi connectivity index (χ2n) is 8.01. The Hall–Kier alpha value is -3.67. The maximum atomic E-state index is 12.6. The third-order valence-electron chi connectivity index (χ3n) is 5.13. The van der Waals surface area contributed by atoms with Gasteiger partial charge in [-0.3, -0.25) is 4.79 Å². The molecule has 1 aliphatic heterocycles. The van der Waals surface area contributed by atoms with Gasteiger partial charge in [-0.05, 0) is 76.1 Å². The highest BCUT2D eigenvalue weighted by molar-refractivity contribution is 6.10. The van der Waals surface area contributed by atoms with Crippen LogP contribution in [0.4, 0.5) is 0 Å². The molecule has 0 aromatic heterocycles. The summed E-state index contributed by atoms with van der Waals surface area (Å²) in [6.07, 6.45) is 9.38. The summed E-state index contributed by atoms with van der Waals surface area (Å²) in [5.41, 5.74) is 0.729. The van der Waals surface area contributed by atoms with Crippen molar-refractivity contribution >= 4 is 17.9 Å². The number of allylic oxidation sites excluding steroid dienone is 3. The predicted molar refractivity (Wildman–Crippen MR) is 120 cm³/mol. The molecule has 6 nitrogen and oxygen atoms in total. The lowest BCUT2D eigenvalue weighted by Gasteiger charge is -2.32. The first-order valence-electron chi connectivity index (χ1n) is 9.95. The zero-order valence-electron chi connectivity index (χ0n) is 17.7. The largest absolute Gasteiger partial charge is 0.507 e. The Morgan fingerprint density at radius 3 is 2.42 bits per heavy atom. The maximum absolute atomic E-state index is 12.6. The van der Waals surface area contributed by atoms with Crippen LogP contribution >= 0.6 is 0 Å². The molecule has 0 aliphatic carbocycles. The highest BCUT2D eigenvalue weighted by Gasteiger charge is 2.31. The SMILES string of the molecule is CC(C)=CCCC1(C)C=Cc2c(O)c(C(=O)/C=C/c3c(O)cccc3O)cc(O)c2O1. The van der Waals surface area contributed by atoms with Crippen molar-refractivity contribution in [3.8, 4) is 28.7 Å². The molecule has 6 heteroatoms. The van der Waals surface area contributed by atoms with Gasteiger partial charge in [0.2, 0.25) is 0 Å². The molecule has 1 heterocycles. The number of phenolic OH excluding ortho intramolecular Hbond substituents is 4. The molecule has 4 N–H and O–H groups in total. The van der Waals surface area contributed by atoms with E-state index in [1.54, 1.807) is 12.2 Å². The fourth-order valence-corrected chi connectivity index (χ4v) is 3.38. The van der Waals surface area contributed by atoms with E-state index in [0.717, 1.165) is 18.6 Å². The van der Waals surface area contributed by atoms with Crippen LogP contribution in [0.25, 0.3) is 12.2 Å². The van der Waals surface area contributed by atoms with E-state index in [0.29, 0.717) is 6.42 Å². The third kappa shape index (κ3) is 4.74. The van der Waals surface area contributed by atoms with Crippen molar-refractivity contribution in [2.75, 3.05) is 0 Å². The molecule has 2 aromatic rings. The second kappa shape index (κ2) is 8.60. The number of hydrogen-bond donors (Lipinski definition) is 4. The zero-order chi connectivity index (χ0) is 22.8. The summed E-state index contributed by atoms with van der Waals surface area (Å²) in [4.78, 5) is 12.6. The summed E-state index contributed by atoms with van der Waals surface area (Å²) in [5.74, 6) is -1.43. The van der Waals surface area contributed by atoms with E-state index >= 15 is 0 Å². The Labute approximate surface area is 181 Å². The molecule has 1 atom stereocenters. The Balaban J connectivity index is 1.89. The predicted octanol–water partition coefficient (Wildman–Crippen LogP) is 5.32. The highest BCUT2D eigenvalue weighted by atomic mass is 16.5. The summed E-state index contributed by atoms with van der Waals surface area (Å²) in [7, 11) is 0. The van der Waals surface area contributed by atoms with E-state index in [1.165, 1.54) is 29.8 Å². The molecule has 0 saturated heterocycles. The Morgan fingerprint density at radius 1 is 1.10 bits per heavy atom. The van der Waals surface area contributed by atoms with Crippen molar-refractivity contribution < 1.29 is 30.0 Å². The minimum absolute atomic E-state index is 0.0767. The molecule has 162 valence electrons. The van der Waals surface area contributed by atoms with Crippen LogP contribution in [0.3, 0.4) is 0 Å². The van der Waals surface area contributed by atoms with Crippen LogP contribution in [0.15, 0.2) is 48.1 Å². The lowest BCUT2D eigenvalue weighted by Crippen LogP contribution is -2.31. The standard InChI is InChI=1S/C25H26O6/c1-15(2)6-5-12-25(3)13-11-17-23(30)18(14-22(29)24(17)31-25)21(28)10-9-16-19(26)7-4-8-20(16)27/h4,6-11,13-14,26-27,29-30H,5,12H2,1-3H3/b10-9+. The normalized spacial score (nSPS) is 17.3. The second-order valence-corrected chi connectivity index (χ2v) is 8.01. The number of hydrogen-bond acceptors (Lipinski definition) is 6. The molecule has 0 bridgehead atoms. The number of fused-ring (bicyclic) bond motifs is 1. The van der Waals surface area contributed by atoms with Crippen molar-refractivity contribution in [2.24, 2.45) is 0 Å². The molecule has 0 radical (unpaired) electrons. The first-order valence-corrected chi connectivity index (χ1v) is 9.95. The van der Waals surface area contributed by atoms with Gasteiger partial charge in [-0.15, -0.1) is 0 Å². The van der Waals surface area contributed by atoms with Crippen molar-refractivity contribution in [1.82, 2.24) is 0 Å². The average molecular weight is 422 g/mol. The number of aromatic hydroxyl groups is 4. The van der Waals surface area contributed by atoms with Crippen LogP contribution < -0.4 is 4.74 Å². The van der Waals surface area contributed by atoms with E-state index in [4.69, 9.17) is 4.74 Å². The van der Waals surface area contributed by atoms with Crippen LogP contribution in [-0.2, 0) is 0 Å². The van der Waals surface area contributed by atoms with E-state index < -0.39 is 11.4 Å². The quantitative estimate of drug-likeness (QED) is 0.217. The van der Waals surface area contributed by atoms with E-state index in [1.807, 2.05) is 20.8 Å². The molecule has 1 unspecified atom stereocenters. The van der Waals surface area contributed by atoms with Gasteiger partial charge in [0.05, 0.1) is 16.7 Å². The molecule has 31 heavy (non-hydrogen) atoms. The molecule has 1 aliphatic rings. The molecule has 0 spiro atoms. The number of ketones is 1. The van der Waals surface area contributed by atoms with Gasteiger partial charge < -0.3 is 25.2 Å². The fourth-order valence-electron chi connectivity index (χ4n) is 3.38. The molecule has 0 amide bonds. The lowest BCUT2D eigenvalue weighted by atomic mass is 9.92. The first kappa shape index (κ1) is 22.0. The summed E-state index contributed by atoms with van der Waals surface area (Å²) in [6.45, 7) is 5.93. The van der Waals surface area contributed by atoms with Gasteiger partial charge in [0, 0.05) is 0 Å². The molecule has 3 rings (SSSR count). The van der Waals surface area contributed by atoms with Gasteiger partial charge >= 0.3 is 0 Å². The minimum atomic E-state index is -0.656. The maximum Gasteiger partial charge on any atom is 0.189 e. The van der Waals surface area contributed by atoms with Crippen LogP contribution in [-0.4, -0.2) is 31.8 Å². The molecule has 0 fully saturated rings. The molecule has 0 saturated carbocycles. The monoisotopic (exact) mass is 422 g/mol. The van der Waals surface area contributed by atoms with Crippen LogP contribution in [0.2, 0.25) is 0 Å². The van der Waals surface area contributed by atoms with Crippen molar-refractivity contribution in [2.45, 2.75) is 39.2 Å². The van der Waals surface area contributed by atoms with Crippen LogP contribution in [0.5, 0.6) is 28.7 Å². The summed E-state index contributed by atoms with van der Waals surface area (Å²) < 4.78 is 5.99. The lowest BCUT2D eigenvalue weighted by molar-refractivity contribution is 0.104. The first-order chi connectivity index (χ1) is 14.6. The molecular weight excluding hydrogens is 396 g/mol. The van der Waals surface area contributed by atoms with Gasteiger partial charge in [0.25, 0.3) is 0 Å². The number of carbonyl (C=O) groups excluding carboxylic acids is 1. The zero-order valence-corrected chi connectivity index (χ0v) is 17.7. The van der Waals surface area contributed by atoms with Gasteiger partial charge in [-0.25, -0.2) is 0 Å². The topological polar surface area (TPSA) is 107 Å². The Bertz CT molecular complexity index is 1090. The highest BCUT2D eigenvalue weighted by Crippen LogP contribution is 2.46. The minimum Gasteiger partial charge on any atom is -0.507 e. The average Bonchev–Trinajstić information content (AvgIpc) is 2.69.